The van der Waals surface area contributed by atoms with Gasteiger partial charge in [0.05, 0.1) is 5.56 Å². The van der Waals surface area contributed by atoms with Crippen LogP contribution in [0.1, 0.15) is 35.2 Å². The third-order valence-corrected chi connectivity index (χ3v) is 4.21. The number of halogens is 2. The Morgan fingerprint density at radius 2 is 2.24 bits per heavy atom. The van der Waals surface area contributed by atoms with Crippen LogP contribution in [-0.4, -0.2) is 16.8 Å². The molecule has 4 heteroatoms. The molecule has 2 nitrogen and oxygen atoms in total. The molecule has 1 aliphatic rings. The average molecular weight is 300 g/mol. The summed E-state index contributed by atoms with van der Waals surface area (Å²) in [6, 6.07) is 4.79. The smallest absolute Gasteiger partial charge is 0.254 e. The Balaban J connectivity index is 2.09. The number of alkyl halides is 1. The molecule has 1 N–H and O–H groups in total. The van der Waals surface area contributed by atoms with Gasteiger partial charge in [-0.1, -0.05) is 28.4 Å². The Kier molecular flexibility index (Phi) is 3.82. The van der Waals surface area contributed by atoms with Gasteiger partial charge in [-0.25, -0.2) is 4.39 Å². The Labute approximate surface area is 109 Å². The summed E-state index contributed by atoms with van der Waals surface area (Å²) in [6.07, 6.45) is 3.10. The molecule has 0 spiro atoms. The lowest BCUT2D eigenvalue weighted by Crippen LogP contribution is -2.38. The number of hydrogen-bond acceptors (Lipinski definition) is 1. The molecule has 1 aromatic carbocycles. The SMILES string of the molecule is Cc1ccc(C(=O)NC2CCCC2Br)c(F)c1. The highest BCUT2D eigenvalue weighted by Gasteiger charge is 2.27. The molecule has 2 atom stereocenters. The maximum Gasteiger partial charge on any atom is 0.254 e. The number of carbonyl (C=O) groups is 1. The van der Waals surface area contributed by atoms with Crippen LogP contribution in [0.2, 0.25) is 0 Å². The zero-order valence-electron chi connectivity index (χ0n) is 9.67. The fraction of sp³-hybridized carbons (Fsp3) is 0.462. The largest absolute Gasteiger partial charge is 0.348 e. The summed E-state index contributed by atoms with van der Waals surface area (Å²) in [4.78, 5) is 12.2. The van der Waals surface area contributed by atoms with E-state index in [-0.39, 0.29) is 17.5 Å². The quantitative estimate of drug-likeness (QED) is 0.835. The number of aryl methyl sites for hydroxylation is 1. The van der Waals surface area contributed by atoms with Crippen LogP contribution >= 0.6 is 15.9 Å². The summed E-state index contributed by atoms with van der Waals surface area (Å²) in [5, 5.41) is 2.88. The number of rotatable bonds is 2. The molecule has 1 amide bonds. The van der Waals surface area contributed by atoms with Crippen molar-refractivity contribution in [3.8, 4) is 0 Å². The Morgan fingerprint density at radius 1 is 1.47 bits per heavy atom. The van der Waals surface area contributed by atoms with E-state index in [0.717, 1.165) is 24.8 Å². The van der Waals surface area contributed by atoms with Crippen LogP contribution in [0.4, 0.5) is 4.39 Å². The van der Waals surface area contributed by atoms with Gasteiger partial charge in [0, 0.05) is 10.9 Å². The summed E-state index contributed by atoms with van der Waals surface area (Å²) >= 11 is 3.53. The molecule has 2 rings (SSSR count). The van der Waals surface area contributed by atoms with Crippen molar-refractivity contribution in [3.63, 3.8) is 0 Å². The number of benzene rings is 1. The summed E-state index contributed by atoms with van der Waals surface area (Å²) in [5.41, 5.74) is 0.945. The molecule has 0 aliphatic heterocycles. The molecule has 0 saturated heterocycles. The minimum Gasteiger partial charge on any atom is -0.348 e. The number of carbonyl (C=O) groups excluding carboxylic acids is 1. The lowest BCUT2D eigenvalue weighted by molar-refractivity contribution is 0.0935. The van der Waals surface area contributed by atoms with Gasteiger partial charge in [0.2, 0.25) is 0 Å². The second-order valence-electron chi connectivity index (χ2n) is 4.51. The van der Waals surface area contributed by atoms with Crippen LogP contribution in [0.5, 0.6) is 0 Å². The van der Waals surface area contributed by atoms with Crippen LogP contribution in [0, 0.1) is 12.7 Å². The fourth-order valence-electron chi connectivity index (χ4n) is 2.13. The van der Waals surface area contributed by atoms with E-state index in [1.807, 2.05) is 0 Å². The van der Waals surface area contributed by atoms with E-state index in [9.17, 15) is 9.18 Å². The molecule has 0 aromatic heterocycles. The van der Waals surface area contributed by atoms with Crippen LogP contribution in [0.15, 0.2) is 18.2 Å². The zero-order chi connectivity index (χ0) is 12.4. The van der Waals surface area contributed by atoms with Gasteiger partial charge >= 0.3 is 0 Å². The molecule has 17 heavy (non-hydrogen) atoms. The first-order chi connectivity index (χ1) is 8.08. The lowest BCUT2D eigenvalue weighted by atomic mass is 10.1. The van der Waals surface area contributed by atoms with Crippen molar-refractivity contribution >= 4 is 21.8 Å². The normalized spacial score (nSPS) is 23.7. The Bertz CT molecular complexity index is 435. The number of hydrogen-bond donors (Lipinski definition) is 1. The van der Waals surface area contributed by atoms with Crippen LogP contribution in [0.25, 0.3) is 0 Å². The van der Waals surface area contributed by atoms with Crippen molar-refractivity contribution in [1.82, 2.24) is 5.32 Å². The molecule has 0 heterocycles. The van der Waals surface area contributed by atoms with Crippen molar-refractivity contribution in [1.29, 1.82) is 0 Å². The lowest BCUT2D eigenvalue weighted by Gasteiger charge is -2.16. The van der Waals surface area contributed by atoms with E-state index in [2.05, 4.69) is 21.2 Å². The third-order valence-electron chi connectivity index (χ3n) is 3.12. The summed E-state index contributed by atoms with van der Waals surface area (Å²) in [5.74, 6) is -0.773. The molecule has 92 valence electrons. The van der Waals surface area contributed by atoms with Crippen molar-refractivity contribution in [2.75, 3.05) is 0 Å². The maximum absolute atomic E-state index is 13.6. The molecule has 2 unspecified atom stereocenters. The van der Waals surface area contributed by atoms with Crippen molar-refractivity contribution < 1.29 is 9.18 Å². The summed E-state index contributed by atoms with van der Waals surface area (Å²) < 4.78 is 13.6. The molecule has 1 aromatic rings. The molecule has 0 radical (unpaired) electrons. The highest BCUT2D eigenvalue weighted by atomic mass is 79.9. The fourth-order valence-corrected chi connectivity index (χ4v) is 2.85. The van der Waals surface area contributed by atoms with E-state index in [0.29, 0.717) is 4.83 Å². The monoisotopic (exact) mass is 299 g/mol. The first-order valence-corrected chi connectivity index (χ1v) is 6.70. The Hall–Kier alpha value is -0.900. The molecule has 0 bridgehead atoms. The van der Waals surface area contributed by atoms with Crippen molar-refractivity contribution in [2.24, 2.45) is 0 Å². The number of nitrogens with one attached hydrogen (secondary N) is 1. The van der Waals surface area contributed by atoms with Crippen molar-refractivity contribution in [3.05, 3.63) is 35.1 Å². The van der Waals surface area contributed by atoms with E-state index in [4.69, 9.17) is 0 Å². The van der Waals surface area contributed by atoms with Gasteiger partial charge in [-0.2, -0.15) is 0 Å². The van der Waals surface area contributed by atoms with Gasteiger partial charge in [-0.05, 0) is 37.5 Å². The standard InChI is InChI=1S/C13H15BrFNO/c1-8-5-6-9(11(15)7-8)13(17)16-12-4-2-3-10(12)14/h5-7,10,12H,2-4H2,1H3,(H,16,17). The van der Waals surface area contributed by atoms with E-state index >= 15 is 0 Å². The first kappa shape index (κ1) is 12.6. The first-order valence-electron chi connectivity index (χ1n) is 5.79. The minimum absolute atomic E-state index is 0.114. The minimum atomic E-state index is -0.452. The topological polar surface area (TPSA) is 29.1 Å². The maximum atomic E-state index is 13.6. The Morgan fingerprint density at radius 3 is 2.82 bits per heavy atom. The zero-order valence-corrected chi connectivity index (χ0v) is 11.3. The van der Waals surface area contributed by atoms with Crippen LogP contribution < -0.4 is 5.32 Å². The second kappa shape index (κ2) is 5.17. The van der Waals surface area contributed by atoms with Crippen molar-refractivity contribution in [2.45, 2.75) is 37.1 Å². The highest BCUT2D eigenvalue weighted by Crippen LogP contribution is 2.26. The number of amides is 1. The van der Waals surface area contributed by atoms with Gasteiger partial charge in [-0.3, -0.25) is 4.79 Å². The molecule has 1 fully saturated rings. The van der Waals surface area contributed by atoms with Crippen LogP contribution in [-0.2, 0) is 0 Å². The third kappa shape index (κ3) is 2.86. The molecular formula is C13H15BrFNO. The summed E-state index contributed by atoms with van der Waals surface area (Å²) in [7, 11) is 0. The average Bonchev–Trinajstić information content (AvgIpc) is 2.64. The predicted octanol–water partition coefficient (Wildman–Crippen LogP) is 3.18. The van der Waals surface area contributed by atoms with Gasteiger partial charge in [-0.15, -0.1) is 0 Å². The van der Waals surface area contributed by atoms with E-state index < -0.39 is 5.82 Å². The summed E-state index contributed by atoms with van der Waals surface area (Å²) in [6.45, 7) is 1.80. The molecule has 1 saturated carbocycles. The molecule has 1 aliphatic carbocycles. The van der Waals surface area contributed by atoms with Crippen LogP contribution in [0.3, 0.4) is 0 Å². The van der Waals surface area contributed by atoms with Gasteiger partial charge in [0.25, 0.3) is 5.91 Å². The predicted molar refractivity (Wildman–Crippen MR) is 69.0 cm³/mol. The van der Waals surface area contributed by atoms with Gasteiger partial charge in [0.15, 0.2) is 0 Å². The second-order valence-corrected chi connectivity index (χ2v) is 5.69. The van der Waals surface area contributed by atoms with E-state index in [1.54, 1.807) is 13.0 Å². The highest BCUT2D eigenvalue weighted by molar-refractivity contribution is 9.09. The van der Waals surface area contributed by atoms with Gasteiger partial charge < -0.3 is 5.32 Å². The van der Waals surface area contributed by atoms with E-state index in [1.165, 1.54) is 12.1 Å². The van der Waals surface area contributed by atoms with Gasteiger partial charge in [0.1, 0.15) is 5.82 Å². The molecular weight excluding hydrogens is 285 g/mol.